The van der Waals surface area contributed by atoms with Crippen LogP contribution in [0.25, 0.3) is 0 Å². The molecule has 0 aliphatic rings. The zero-order chi connectivity index (χ0) is 49.0. The summed E-state index contributed by atoms with van der Waals surface area (Å²) in [5, 5.41) is 0. The normalized spacial score (nSPS) is 12.2. The van der Waals surface area contributed by atoms with Crippen LogP contribution in [-0.2, 0) is 0 Å². The fourth-order valence-electron chi connectivity index (χ4n) is 12.1. The average molecular weight is 976 g/mol. The van der Waals surface area contributed by atoms with Crippen LogP contribution in [0.4, 0.5) is 0 Å². The van der Waals surface area contributed by atoms with E-state index in [1.54, 1.807) is 69.6 Å². The second-order valence-electron chi connectivity index (χ2n) is 23.9. The number of rotatable bonds is 63. The number of hydrogen-bond donors (Lipinski definition) is 0. The first-order valence-electron chi connectivity index (χ1n) is 33.7. The molecular weight excluding hydrogens is 836 g/mol. The quantitative estimate of drug-likeness (QED) is 0.0421. The molecule has 0 bridgehead atoms. The fourth-order valence-corrected chi connectivity index (χ4v) is 17.6. The van der Waals surface area contributed by atoms with E-state index in [1.165, 1.54) is 334 Å². The van der Waals surface area contributed by atoms with Gasteiger partial charge in [-0.05, 0) is 0 Å². The Morgan fingerprint density at radius 1 is 0.118 bits per heavy atom. The number of hydrogen-bond acceptors (Lipinski definition) is 0. The molecule has 1 heteroatoms. The topological polar surface area (TPSA) is 0 Å². The molecule has 0 aromatic heterocycles. The minimum absolute atomic E-state index is 1.20. The zero-order valence-corrected chi connectivity index (χ0v) is 50.0. The van der Waals surface area contributed by atoms with Crippen LogP contribution in [-0.4, -0.2) is 24.6 Å². The van der Waals surface area contributed by atoms with Crippen LogP contribution in [0.1, 0.15) is 407 Å². The van der Waals surface area contributed by atoms with Crippen molar-refractivity contribution >= 4 is 7.26 Å². The van der Waals surface area contributed by atoms with Crippen LogP contribution in [0.2, 0.25) is 0 Å². The van der Waals surface area contributed by atoms with E-state index in [4.69, 9.17) is 0 Å². The van der Waals surface area contributed by atoms with E-state index in [0.29, 0.717) is 0 Å². The van der Waals surface area contributed by atoms with Gasteiger partial charge < -0.3 is 0 Å². The fraction of sp³-hybridized carbons (Fsp3) is 1.00. The standard InChI is InChI=1S/C67H139P/c1-5-9-13-17-21-25-28-31-34-37-40-43-46-49-53-57-61-65-68(64-60-56-52-24-20-16-12-8-4,66-62-58-54-50-47-44-41-38-35-32-29-26-22-18-14-10-6-2)67-63-59-55-51-48-45-42-39-36-33-30-27-23-19-15-11-7-3/h68H,5-67H2,1-4H3. The van der Waals surface area contributed by atoms with Gasteiger partial charge in [-0.3, -0.25) is 0 Å². The molecule has 0 heterocycles. The summed E-state index contributed by atoms with van der Waals surface area (Å²) in [7, 11) is -1.20. The molecule has 0 atom stereocenters. The first-order chi connectivity index (χ1) is 33.7. The Kier molecular flexibility index (Phi) is 62.1. The smallest absolute Gasteiger partial charge is 0.0654 e. The monoisotopic (exact) mass is 975 g/mol. The molecule has 0 saturated carbocycles. The Hall–Kier alpha value is 0.430. The van der Waals surface area contributed by atoms with Crippen molar-refractivity contribution in [3.05, 3.63) is 0 Å². The van der Waals surface area contributed by atoms with Gasteiger partial charge in [-0.25, -0.2) is 0 Å². The van der Waals surface area contributed by atoms with Crippen molar-refractivity contribution in [3.63, 3.8) is 0 Å². The SMILES string of the molecule is CCCCCCCCCCCCCCCCCCC[PH](CCCCCCCCCC)(CCCCCCCCCCCCCCCCCCC)CCCCCCCCCCCCCCCCCCC. The summed E-state index contributed by atoms with van der Waals surface area (Å²) in [4.78, 5) is 0. The van der Waals surface area contributed by atoms with Gasteiger partial charge in [0.2, 0.25) is 0 Å². The molecule has 0 nitrogen and oxygen atoms in total. The minimum atomic E-state index is -1.20. The molecule has 0 aliphatic heterocycles. The molecule has 412 valence electrons. The van der Waals surface area contributed by atoms with Crippen LogP contribution >= 0.6 is 7.26 Å². The molecule has 68 heavy (non-hydrogen) atoms. The third kappa shape index (κ3) is 55.7. The molecule has 0 aromatic rings. The van der Waals surface area contributed by atoms with Crippen LogP contribution < -0.4 is 0 Å². The third-order valence-electron chi connectivity index (χ3n) is 17.0. The predicted octanol–water partition coefficient (Wildman–Crippen LogP) is 25.8. The third-order valence-corrected chi connectivity index (χ3v) is 22.6. The Morgan fingerprint density at radius 3 is 0.309 bits per heavy atom. The molecule has 0 saturated heterocycles. The van der Waals surface area contributed by atoms with Crippen molar-refractivity contribution in [1.29, 1.82) is 0 Å². The Morgan fingerprint density at radius 2 is 0.206 bits per heavy atom. The molecule has 0 aromatic carbocycles. The van der Waals surface area contributed by atoms with Gasteiger partial charge in [-0.1, -0.05) is 136 Å². The van der Waals surface area contributed by atoms with E-state index in [-0.39, 0.29) is 0 Å². The molecule has 0 fully saturated rings. The molecule has 0 spiro atoms. The van der Waals surface area contributed by atoms with Gasteiger partial charge in [0.05, 0.1) is 0 Å². The molecule has 0 unspecified atom stereocenters. The summed E-state index contributed by atoms with van der Waals surface area (Å²) in [6.07, 6.45) is 95.0. The van der Waals surface area contributed by atoms with Crippen LogP contribution in [0.5, 0.6) is 0 Å². The van der Waals surface area contributed by atoms with Crippen LogP contribution in [0, 0.1) is 0 Å². The van der Waals surface area contributed by atoms with Gasteiger partial charge in [-0.2, -0.15) is 0 Å². The van der Waals surface area contributed by atoms with Crippen molar-refractivity contribution in [2.24, 2.45) is 0 Å². The second-order valence-corrected chi connectivity index (χ2v) is 28.9. The van der Waals surface area contributed by atoms with E-state index >= 15 is 0 Å². The van der Waals surface area contributed by atoms with Gasteiger partial charge >= 0.3 is 302 Å². The van der Waals surface area contributed by atoms with Crippen molar-refractivity contribution in [2.75, 3.05) is 24.6 Å². The summed E-state index contributed by atoms with van der Waals surface area (Å²) in [5.74, 6) is 0. The summed E-state index contributed by atoms with van der Waals surface area (Å²) >= 11 is 0. The van der Waals surface area contributed by atoms with Crippen molar-refractivity contribution < 1.29 is 0 Å². The molecule has 0 amide bonds. The molecule has 0 rings (SSSR count). The molecule has 0 aliphatic carbocycles. The van der Waals surface area contributed by atoms with Crippen LogP contribution in [0.15, 0.2) is 0 Å². The van der Waals surface area contributed by atoms with Gasteiger partial charge in [0, 0.05) is 0 Å². The maximum atomic E-state index is 2.37. The van der Waals surface area contributed by atoms with Crippen molar-refractivity contribution in [3.8, 4) is 0 Å². The van der Waals surface area contributed by atoms with Crippen molar-refractivity contribution in [1.82, 2.24) is 0 Å². The average Bonchev–Trinajstić information content (AvgIpc) is 3.35. The van der Waals surface area contributed by atoms with E-state index in [0.717, 1.165) is 0 Å². The van der Waals surface area contributed by atoms with E-state index < -0.39 is 7.26 Å². The van der Waals surface area contributed by atoms with Crippen molar-refractivity contribution in [2.45, 2.75) is 407 Å². The van der Waals surface area contributed by atoms with Gasteiger partial charge in [0.15, 0.2) is 0 Å². The summed E-state index contributed by atoms with van der Waals surface area (Å²) < 4.78 is 0. The summed E-state index contributed by atoms with van der Waals surface area (Å²) in [6, 6.07) is 0. The molecule has 0 N–H and O–H groups in total. The van der Waals surface area contributed by atoms with Crippen LogP contribution in [0.3, 0.4) is 0 Å². The van der Waals surface area contributed by atoms with E-state index in [2.05, 4.69) is 27.7 Å². The van der Waals surface area contributed by atoms with E-state index in [9.17, 15) is 0 Å². The zero-order valence-electron chi connectivity index (χ0n) is 49.0. The maximum absolute atomic E-state index is 2.37. The first-order valence-corrected chi connectivity index (χ1v) is 36.6. The summed E-state index contributed by atoms with van der Waals surface area (Å²) in [6.45, 7) is 9.36. The summed E-state index contributed by atoms with van der Waals surface area (Å²) in [5.41, 5.74) is 0. The molecular formula is C67H139P. The number of unbranched alkanes of at least 4 members (excludes halogenated alkanes) is 55. The van der Waals surface area contributed by atoms with E-state index in [1.807, 2.05) is 0 Å². The molecule has 0 radical (unpaired) electrons. The Bertz CT molecular complexity index is 755. The predicted molar refractivity (Wildman–Crippen MR) is 323 cm³/mol. The minimum Gasteiger partial charge on any atom is -0.0654 e. The van der Waals surface area contributed by atoms with Gasteiger partial charge in [0.25, 0.3) is 0 Å². The first kappa shape index (κ1) is 68.4. The van der Waals surface area contributed by atoms with Gasteiger partial charge in [-0.15, -0.1) is 0 Å². The Labute approximate surface area is 436 Å². The van der Waals surface area contributed by atoms with Gasteiger partial charge in [0.1, 0.15) is 0 Å². The second kappa shape index (κ2) is 61.7. The Balaban J connectivity index is 4.78.